The van der Waals surface area contributed by atoms with Gasteiger partial charge in [0.1, 0.15) is 19.3 Å². The molecule has 2 amide bonds. The molecule has 1 aliphatic heterocycles. The second-order valence-electron chi connectivity index (χ2n) is 6.78. The highest BCUT2D eigenvalue weighted by atomic mass is 16.6. The molecule has 0 unspecified atom stereocenters. The average Bonchev–Trinajstić information content (AvgIpc) is 2.75. The quantitative estimate of drug-likeness (QED) is 0.799. The molecule has 0 spiro atoms. The molecule has 1 aliphatic rings. The smallest absolute Gasteiger partial charge is 0.242 e. The van der Waals surface area contributed by atoms with Gasteiger partial charge in [0, 0.05) is 20.0 Å². The lowest BCUT2D eigenvalue weighted by Crippen LogP contribution is -2.46. The molecule has 0 aliphatic carbocycles. The standard InChI is InChI=1S/C22H26N2O4/c1-16(22(26)23-2)24(15-18-6-4-3-5-7-18)21(25)11-9-17-8-10-19-20(14-17)28-13-12-27-19/h3-8,10,14,16H,9,11-13,15H2,1-2H3,(H,23,26)/t16-/m0/s1. The predicted octanol–water partition coefficient (Wildman–Crippen LogP) is 2.55. The fraction of sp³-hybridized carbons (Fsp3) is 0.364. The van der Waals surface area contributed by atoms with Crippen LogP contribution in [0.2, 0.25) is 0 Å². The minimum absolute atomic E-state index is 0.0603. The maximum atomic E-state index is 13.0. The molecule has 148 valence electrons. The monoisotopic (exact) mass is 382 g/mol. The highest BCUT2D eigenvalue weighted by molar-refractivity contribution is 5.87. The Morgan fingerprint density at radius 2 is 1.75 bits per heavy atom. The lowest BCUT2D eigenvalue weighted by atomic mass is 10.1. The number of fused-ring (bicyclic) bond motifs is 1. The Kier molecular flexibility index (Phi) is 6.53. The Balaban J connectivity index is 1.69. The van der Waals surface area contributed by atoms with Crippen molar-refractivity contribution in [2.24, 2.45) is 0 Å². The molecule has 0 radical (unpaired) electrons. The van der Waals surface area contributed by atoms with E-state index in [0.29, 0.717) is 32.6 Å². The maximum absolute atomic E-state index is 13.0. The molecular formula is C22H26N2O4. The maximum Gasteiger partial charge on any atom is 0.242 e. The van der Waals surface area contributed by atoms with Gasteiger partial charge in [-0.25, -0.2) is 0 Å². The van der Waals surface area contributed by atoms with Crippen molar-refractivity contribution in [2.45, 2.75) is 32.4 Å². The van der Waals surface area contributed by atoms with E-state index in [2.05, 4.69) is 5.32 Å². The molecule has 1 atom stereocenters. The number of aryl methyl sites for hydroxylation is 1. The molecule has 2 aromatic rings. The summed E-state index contributed by atoms with van der Waals surface area (Å²) >= 11 is 0. The number of carbonyl (C=O) groups is 2. The van der Waals surface area contributed by atoms with E-state index in [4.69, 9.17) is 9.47 Å². The molecule has 1 heterocycles. The number of ether oxygens (including phenoxy) is 2. The molecule has 0 saturated carbocycles. The zero-order chi connectivity index (χ0) is 19.9. The van der Waals surface area contributed by atoms with Gasteiger partial charge in [-0.2, -0.15) is 0 Å². The zero-order valence-corrected chi connectivity index (χ0v) is 16.3. The van der Waals surface area contributed by atoms with Gasteiger partial charge >= 0.3 is 0 Å². The Morgan fingerprint density at radius 3 is 2.46 bits per heavy atom. The summed E-state index contributed by atoms with van der Waals surface area (Å²) < 4.78 is 11.1. The van der Waals surface area contributed by atoms with E-state index in [1.54, 1.807) is 18.9 Å². The lowest BCUT2D eigenvalue weighted by molar-refractivity contribution is -0.140. The number of likely N-dealkylation sites (N-methyl/N-ethyl adjacent to an activating group) is 1. The van der Waals surface area contributed by atoms with Gasteiger partial charge in [-0.1, -0.05) is 36.4 Å². The minimum atomic E-state index is -0.544. The van der Waals surface area contributed by atoms with Crippen molar-refractivity contribution in [1.82, 2.24) is 10.2 Å². The Morgan fingerprint density at radius 1 is 1.04 bits per heavy atom. The van der Waals surface area contributed by atoms with Crippen molar-refractivity contribution >= 4 is 11.8 Å². The van der Waals surface area contributed by atoms with E-state index in [9.17, 15) is 9.59 Å². The predicted molar refractivity (Wildman–Crippen MR) is 106 cm³/mol. The zero-order valence-electron chi connectivity index (χ0n) is 16.3. The summed E-state index contributed by atoms with van der Waals surface area (Å²) in [5.41, 5.74) is 2.00. The third kappa shape index (κ3) is 4.82. The number of benzene rings is 2. The summed E-state index contributed by atoms with van der Waals surface area (Å²) in [5, 5.41) is 2.63. The number of amides is 2. The summed E-state index contributed by atoms with van der Waals surface area (Å²) in [5.74, 6) is 1.22. The third-order valence-corrected chi connectivity index (χ3v) is 4.84. The van der Waals surface area contributed by atoms with E-state index in [-0.39, 0.29) is 11.8 Å². The highest BCUT2D eigenvalue weighted by Crippen LogP contribution is 2.31. The first-order valence-electron chi connectivity index (χ1n) is 9.52. The normalized spacial score (nSPS) is 13.5. The Hall–Kier alpha value is -3.02. The highest BCUT2D eigenvalue weighted by Gasteiger charge is 2.25. The molecule has 3 rings (SSSR count). The van der Waals surface area contributed by atoms with Gasteiger partial charge < -0.3 is 19.7 Å². The van der Waals surface area contributed by atoms with Gasteiger partial charge in [-0.3, -0.25) is 9.59 Å². The third-order valence-electron chi connectivity index (χ3n) is 4.84. The van der Waals surface area contributed by atoms with Gasteiger partial charge in [0.2, 0.25) is 11.8 Å². The van der Waals surface area contributed by atoms with E-state index in [1.165, 1.54) is 0 Å². The summed E-state index contributed by atoms with van der Waals surface area (Å²) in [6.07, 6.45) is 0.884. The van der Waals surface area contributed by atoms with Crippen LogP contribution >= 0.6 is 0 Å². The SMILES string of the molecule is CNC(=O)[C@H](C)N(Cc1ccccc1)C(=O)CCc1ccc2c(c1)OCCO2. The van der Waals surface area contributed by atoms with Crippen molar-refractivity contribution < 1.29 is 19.1 Å². The fourth-order valence-corrected chi connectivity index (χ4v) is 3.21. The van der Waals surface area contributed by atoms with Crippen molar-refractivity contribution in [3.63, 3.8) is 0 Å². The van der Waals surface area contributed by atoms with E-state index in [1.807, 2.05) is 48.5 Å². The van der Waals surface area contributed by atoms with Crippen LogP contribution in [0.1, 0.15) is 24.5 Å². The lowest BCUT2D eigenvalue weighted by Gasteiger charge is -2.28. The van der Waals surface area contributed by atoms with Crippen LogP contribution in [0.4, 0.5) is 0 Å². The summed E-state index contributed by atoms with van der Waals surface area (Å²) in [4.78, 5) is 26.7. The Bertz CT molecular complexity index is 823. The fourth-order valence-electron chi connectivity index (χ4n) is 3.21. The van der Waals surface area contributed by atoms with Crippen LogP contribution in [-0.4, -0.2) is 43.0 Å². The number of rotatable bonds is 7. The number of hydrogen-bond donors (Lipinski definition) is 1. The van der Waals surface area contributed by atoms with Crippen LogP contribution in [0.5, 0.6) is 11.5 Å². The molecule has 2 aromatic carbocycles. The van der Waals surface area contributed by atoms with Crippen LogP contribution < -0.4 is 14.8 Å². The largest absolute Gasteiger partial charge is 0.486 e. The Labute approximate surface area is 165 Å². The molecule has 28 heavy (non-hydrogen) atoms. The van der Waals surface area contributed by atoms with Crippen molar-refractivity contribution in [3.05, 3.63) is 59.7 Å². The average molecular weight is 382 g/mol. The van der Waals surface area contributed by atoms with Crippen LogP contribution in [0, 0.1) is 0 Å². The molecule has 0 saturated heterocycles. The first-order valence-corrected chi connectivity index (χ1v) is 9.52. The van der Waals surface area contributed by atoms with Gasteiger partial charge in [-0.15, -0.1) is 0 Å². The second-order valence-corrected chi connectivity index (χ2v) is 6.78. The van der Waals surface area contributed by atoms with Crippen LogP contribution in [-0.2, 0) is 22.6 Å². The topological polar surface area (TPSA) is 67.9 Å². The van der Waals surface area contributed by atoms with E-state index >= 15 is 0 Å². The van der Waals surface area contributed by atoms with Gasteiger partial charge in [-0.05, 0) is 36.6 Å². The van der Waals surface area contributed by atoms with Crippen LogP contribution in [0.25, 0.3) is 0 Å². The van der Waals surface area contributed by atoms with Crippen LogP contribution in [0.15, 0.2) is 48.5 Å². The van der Waals surface area contributed by atoms with Crippen molar-refractivity contribution in [2.75, 3.05) is 20.3 Å². The number of nitrogens with one attached hydrogen (secondary N) is 1. The summed E-state index contributed by atoms with van der Waals surface area (Å²) in [6.45, 7) is 3.24. The van der Waals surface area contributed by atoms with Gasteiger partial charge in [0.25, 0.3) is 0 Å². The van der Waals surface area contributed by atoms with Crippen molar-refractivity contribution in [1.29, 1.82) is 0 Å². The van der Waals surface area contributed by atoms with E-state index in [0.717, 1.165) is 22.6 Å². The van der Waals surface area contributed by atoms with E-state index < -0.39 is 6.04 Å². The summed E-state index contributed by atoms with van der Waals surface area (Å²) in [7, 11) is 1.58. The first-order chi connectivity index (χ1) is 13.6. The van der Waals surface area contributed by atoms with Crippen LogP contribution in [0.3, 0.4) is 0 Å². The number of hydrogen-bond acceptors (Lipinski definition) is 4. The van der Waals surface area contributed by atoms with Gasteiger partial charge in [0.15, 0.2) is 11.5 Å². The second kappa shape index (κ2) is 9.26. The first kappa shape index (κ1) is 19.7. The molecule has 1 N–H and O–H groups in total. The minimum Gasteiger partial charge on any atom is -0.486 e. The molecule has 6 nitrogen and oxygen atoms in total. The number of nitrogens with zero attached hydrogens (tertiary/aromatic N) is 1. The summed E-state index contributed by atoms with van der Waals surface area (Å²) in [6, 6.07) is 14.9. The molecule has 0 bridgehead atoms. The molecule has 0 aromatic heterocycles. The molecule has 6 heteroatoms. The molecule has 0 fully saturated rings. The van der Waals surface area contributed by atoms with Crippen molar-refractivity contribution in [3.8, 4) is 11.5 Å². The van der Waals surface area contributed by atoms with Gasteiger partial charge in [0.05, 0.1) is 0 Å². The number of carbonyl (C=O) groups excluding carboxylic acids is 2. The molecular weight excluding hydrogens is 356 g/mol.